The zero-order valence-electron chi connectivity index (χ0n) is 10.2. The SMILES string of the molecule is CCN1C(=O)/C(=C/c2ccc3c(c2)OCO3)SC1=S. The van der Waals surface area contributed by atoms with E-state index >= 15 is 0 Å². The molecule has 0 saturated carbocycles. The van der Waals surface area contributed by atoms with Gasteiger partial charge in [-0.15, -0.1) is 0 Å². The summed E-state index contributed by atoms with van der Waals surface area (Å²) >= 11 is 6.50. The predicted molar refractivity (Wildman–Crippen MR) is 78.1 cm³/mol. The standard InChI is InChI=1S/C13H11NO3S2/c1-2-14-12(15)11(19-13(14)18)6-8-3-4-9-10(5-8)17-7-16-9/h3-6H,2,7H2,1H3/b11-6-. The average Bonchev–Trinajstić information content (AvgIpc) is 2.95. The summed E-state index contributed by atoms with van der Waals surface area (Å²) in [5.74, 6) is 1.41. The van der Waals surface area contributed by atoms with Gasteiger partial charge in [0.1, 0.15) is 4.32 Å². The second kappa shape index (κ2) is 4.86. The number of rotatable bonds is 2. The van der Waals surface area contributed by atoms with E-state index < -0.39 is 0 Å². The van der Waals surface area contributed by atoms with Crippen LogP contribution in [-0.2, 0) is 4.79 Å². The van der Waals surface area contributed by atoms with E-state index in [0.29, 0.717) is 21.5 Å². The van der Waals surface area contributed by atoms with Gasteiger partial charge in [-0.1, -0.05) is 30.0 Å². The third-order valence-electron chi connectivity index (χ3n) is 2.88. The number of amides is 1. The minimum absolute atomic E-state index is 0.0323. The number of likely N-dealkylation sites (N-methyl/N-ethyl adjacent to an activating group) is 1. The summed E-state index contributed by atoms with van der Waals surface area (Å²) in [6, 6.07) is 5.60. The summed E-state index contributed by atoms with van der Waals surface area (Å²) in [5, 5.41) is 0. The molecule has 1 aromatic rings. The van der Waals surface area contributed by atoms with E-state index in [-0.39, 0.29) is 12.7 Å². The first-order valence-electron chi connectivity index (χ1n) is 5.84. The third-order valence-corrected chi connectivity index (χ3v) is 4.26. The Bertz CT molecular complexity index is 598. The maximum absolute atomic E-state index is 12.1. The third kappa shape index (κ3) is 2.21. The molecule has 0 unspecified atom stereocenters. The molecule has 2 aliphatic rings. The first-order chi connectivity index (χ1) is 9.19. The number of nitrogens with zero attached hydrogens (tertiary/aromatic N) is 1. The Morgan fingerprint density at radius 3 is 2.95 bits per heavy atom. The van der Waals surface area contributed by atoms with Crippen molar-refractivity contribution in [2.45, 2.75) is 6.92 Å². The van der Waals surface area contributed by atoms with E-state index in [2.05, 4.69) is 0 Å². The van der Waals surface area contributed by atoms with E-state index in [1.807, 2.05) is 31.2 Å². The highest BCUT2D eigenvalue weighted by molar-refractivity contribution is 8.26. The molecule has 1 aromatic carbocycles. The number of thiocarbonyl (C=S) groups is 1. The van der Waals surface area contributed by atoms with Gasteiger partial charge in [-0.2, -0.15) is 0 Å². The minimum Gasteiger partial charge on any atom is -0.454 e. The van der Waals surface area contributed by atoms with Gasteiger partial charge in [0, 0.05) is 6.54 Å². The summed E-state index contributed by atoms with van der Waals surface area (Å²) in [6.45, 7) is 2.76. The molecule has 1 fully saturated rings. The second-order valence-corrected chi connectivity index (χ2v) is 5.71. The molecule has 3 rings (SSSR count). The Morgan fingerprint density at radius 1 is 1.42 bits per heavy atom. The van der Waals surface area contributed by atoms with Crippen LogP contribution < -0.4 is 9.47 Å². The van der Waals surface area contributed by atoms with Crippen LogP contribution in [0.3, 0.4) is 0 Å². The van der Waals surface area contributed by atoms with Crippen molar-refractivity contribution < 1.29 is 14.3 Å². The molecule has 2 aliphatic heterocycles. The lowest BCUT2D eigenvalue weighted by Gasteiger charge is -2.09. The van der Waals surface area contributed by atoms with Gasteiger partial charge in [0.2, 0.25) is 6.79 Å². The Hall–Kier alpha value is -1.53. The van der Waals surface area contributed by atoms with Crippen LogP contribution in [0.5, 0.6) is 11.5 Å². The summed E-state index contributed by atoms with van der Waals surface area (Å²) < 4.78 is 11.2. The van der Waals surface area contributed by atoms with Crippen molar-refractivity contribution in [3.63, 3.8) is 0 Å². The first kappa shape index (κ1) is 12.5. The van der Waals surface area contributed by atoms with Crippen molar-refractivity contribution in [2.24, 2.45) is 0 Å². The highest BCUT2D eigenvalue weighted by Gasteiger charge is 2.30. The fourth-order valence-corrected chi connectivity index (χ4v) is 3.31. The molecule has 6 heteroatoms. The molecule has 0 N–H and O–H groups in total. The number of hydrogen-bond acceptors (Lipinski definition) is 5. The predicted octanol–water partition coefficient (Wildman–Crippen LogP) is 2.64. The number of hydrogen-bond donors (Lipinski definition) is 0. The quantitative estimate of drug-likeness (QED) is 0.619. The molecule has 0 radical (unpaired) electrons. The molecule has 19 heavy (non-hydrogen) atoms. The average molecular weight is 293 g/mol. The van der Waals surface area contributed by atoms with E-state index in [9.17, 15) is 4.79 Å². The molecular weight excluding hydrogens is 282 g/mol. The van der Waals surface area contributed by atoms with E-state index in [4.69, 9.17) is 21.7 Å². The summed E-state index contributed by atoms with van der Waals surface area (Å²) in [6.07, 6.45) is 1.83. The van der Waals surface area contributed by atoms with E-state index in [0.717, 1.165) is 11.3 Å². The highest BCUT2D eigenvalue weighted by atomic mass is 32.2. The summed E-state index contributed by atoms with van der Waals surface area (Å²) in [7, 11) is 0. The van der Waals surface area contributed by atoms with Crippen LogP contribution in [0.2, 0.25) is 0 Å². The number of carbonyl (C=O) groups excluding carboxylic acids is 1. The van der Waals surface area contributed by atoms with Crippen molar-refractivity contribution in [1.29, 1.82) is 0 Å². The van der Waals surface area contributed by atoms with Gasteiger partial charge in [0.25, 0.3) is 5.91 Å². The molecule has 1 saturated heterocycles. The van der Waals surface area contributed by atoms with E-state index in [1.165, 1.54) is 11.8 Å². The molecule has 2 heterocycles. The van der Waals surface area contributed by atoms with Crippen molar-refractivity contribution >= 4 is 40.3 Å². The first-order valence-corrected chi connectivity index (χ1v) is 7.06. The fraction of sp³-hybridized carbons (Fsp3) is 0.231. The molecule has 0 atom stereocenters. The van der Waals surface area contributed by atoms with Crippen molar-refractivity contribution in [2.75, 3.05) is 13.3 Å². The summed E-state index contributed by atoms with van der Waals surface area (Å²) in [5.41, 5.74) is 0.904. The fourth-order valence-electron chi connectivity index (χ4n) is 1.93. The smallest absolute Gasteiger partial charge is 0.266 e. The lowest BCUT2D eigenvalue weighted by Crippen LogP contribution is -2.27. The van der Waals surface area contributed by atoms with Crippen LogP contribution in [-0.4, -0.2) is 28.5 Å². The zero-order valence-corrected chi connectivity index (χ0v) is 11.8. The van der Waals surface area contributed by atoms with Crippen LogP contribution in [0.25, 0.3) is 6.08 Å². The molecule has 0 bridgehead atoms. The normalized spacial score (nSPS) is 19.6. The van der Waals surface area contributed by atoms with Crippen LogP contribution in [0.15, 0.2) is 23.1 Å². The topological polar surface area (TPSA) is 38.8 Å². The Labute approximate surface area is 120 Å². The number of carbonyl (C=O) groups is 1. The maximum Gasteiger partial charge on any atom is 0.266 e. The van der Waals surface area contributed by atoms with Gasteiger partial charge in [-0.3, -0.25) is 9.69 Å². The van der Waals surface area contributed by atoms with Crippen LogP contribution in [0, 0.1) is 0 Å². The van der Waals surface area contributed by atoms with Crippen LogP contribution in [0.4, 0.5) is 0 Å². The van der Waals surface area contributed by atoms with Gasteiger partial charge >= 0.3 is 0 Å². The van der Waals surface area contributed by atoms with Crippen molar-refractivity contribution in [3.8, 4) is 11.5 Å². The second-order valence-electron chi connectivity index (χ2n) is 4.04. The lowest BCUT2D eigenvalue weighted by atomic mass is 10.2. The largest absolute Gasteiger partial charge is 0.454 e. The van der Waals surface area contributed by atoms with Gasteiger partial charge < -0.3 is 9.47 Å². The van der Waals surface area contributed by atoms with Gasteiger partial charge in [-0.25, -0.2) is 0 Å². The molecule has 4 nitrogen and oxygen atoms in total. The van der Waals surface area contributed by atoms with Gasteiger partial charge in [0.15, 0.2) is 11.5 Å². The molecule has 0 aliphatic carbocycles. The maximum atomic E-state index is 12.1. The number of benzene rings is 1. The zero-order chi connectivity index (χ0) is 13.4. The van der Waals surface area contributed by atoms with Crippen molar-refractivity contribution in [1.82, 2.24) is 4.90 Å². The molecule has 0 spiro atoms. The molecular formula is C13H11NO3S2. The molecule has 0 aromatic heterocycles. The van der Waals surface area contributed by atoms with E-state index in [1.54, 1.807) is 4.90 Å². The monoisotopic (exact) mass is 293 g/mol. The number of fused-ring (bicyclic) bond motifs is 1. The number of thioether (sulfide) groups is 1. The molecule has 1 amide bonds. The molecule has 98 valence electrons. The van der Waals surface area contributed by atoms with Crippen LogP contribution >= 0.6 is 24.0 Å². The van der Waals surface area contributed by atoms with Gasteiger partial charge in [0.05, 0.1) is 4.91 Å². The van der Waals surface area contributed by atoms with Crippen LogP contribution in [0.1, 0.15) is 12.5 Å². The summed E-state index contributed by atoms with van der Waals surface area (Å²) in [4.78, 5) is 14.3. The Balaban J connectivity index is 1.90. The Kier molecular flexibility index (Phi) is 3.20. The van der Waals surface area contributed by atoms with Gasteiger partial charge in [-0.05, 0) is 30.7 Å². The lowest BCUT2D eigenvalue weighted by molar-refractivity contribution is -0.121. The number of ether oxygens (including phenoxy) is 2. The minimum atomic E-state index is -0.0323. The highest BCUT2D eigenvalue weighted by Crippen LogP contribution is 2.36. The van der Waals surface area contributed by atoms with Crippen molar-refractivity contribution in [3.05, 3.63) is 28.7 Å². The Morgan fingerprint density at radius 2 is 2.21 bits per heavy atom.